The van der Waals surface area contributed by atoms with Crippen LogP contribution in [0.2, 0.25) is 0 Å². The number of aryl methyl sites for hydroxylation is 1. The summed E-state index contributed by atoms with van der Waals surface area (Å²) in [6, 6.07) is 0. The number of nitrogens with two attached hydrogens (primary N) is 1. The minimum Gasteiger partial charge on any atom is -0.335 e. The quantitative estimate of drug-likeness (QED) is 0.542. The van der Waals surface area contributed by atoms with Crippen LogP contribution >= 0.6 is 0 Å². The fourth-order valence-electron chi connectivity index (χ4n) is 1.41. The summed E-state index contributed by atoms with van der Waals surface area (Å²) in [6.07, 6.45) is 12.9. The molecule has 0 spiro atoms. The number of hydrogen-bond donors (Lipinski definition) is 1. The Bertz CT molecular complexity index is 296. The minimum absolute atomic E-state index is 0.677. The predicted molar refractivity (Wildman–Crippen MR) is 57.7 cm³/mol. The van der Waals surface area contributed by atoms with E-state index in [4.69, 9.17) is 12.2 Å². The summed E-state index contributed by atoms with van der Waals surface area (Å²) >= 11 is 0. The Morgan fingerprint density at radius 2 is 2.36 bits per heavy atom. The Balaban J connectivity index is 2.34. The Hall–Kier alpha value is -1.27. The molecule has 76 valence electrons. The van der Waals surface area contributed by atoms with Gasteiger partial charge < -0.3 is 10.3 Å². The average Bonchev–Trinajstić information content (AvgIpc) is 2.61. The molecule has 3 nitrogen and oxygen atoms in total. The van der Waals surface area contributed by atoms with Crippen molar-refractivity contribution < 1.29 is 0 Å². The lowest BCUT2D eigenvalue weighted by molar-refractivity contribution is 0.595. The van der Waals surface area contributed by atoms with Crippen molar-refractivity contribution in [3.05, 3.63) is 18.2 Å². The van der Waals surface area contributed by atoms with Crippen LogP contribution in [0.1, 0.15) is 25.0 Å². The molecule has 0 saturated heterocycles. The van der Waals surface area contributed by atoms with Gasteiger partial charge in [0.05, 0.1) is 6.33 Å². The summed E-state index contributed by atoms with van der Waals surface area (Å²) in [7, 11) is 0. The third-order valence-corrected chi connectivity index (χ3v) is 2.17. The molecule has 0 fully saturated rings. The third-order valence-electron chi connectivity index (χ3n) is 2.17. The van der Waals surface area contributed by atoms with E-state index in [1.807, 2.05) is 12.5 Å². The smallest absolute Gasteiger partial charge is 0.0948 e. The van der Waals surface area contributed by atoms with E-state index in [1.54, 1.807) is 0 Å². The highest BCUT2D eigenvalue weighted by molar-refractivity contribution is 4.98. The first-order valence-corrected chi connectivity index (χ1v) is 5.01. The van der Waals surface area contributed by atoms with Crippen LogP contribution in [0.5, 0.6) is 0 Å². The summed E-state index contributed by atoms with van der Waals surface area (Å²) in [5.41, 5.74) is 6.71. The molecule has 2 N–H and O–H groups in total. The Morgan fingerprint density at radius 1 is 1.50 bits per heavy atom. The first-order valence-electron chi connectivity index (χ1n) is 5.01. The second kappa shape index (κ2) is 6.22. The zero-order chi connectivity index (χ0) is 10.2. The second-order valence-electron chi connectivity index (χ2n) is 3.28. The average molecular weight is 191 g/mol. The predicted octanol–water partition coefficient (Wildman–Crippen LogP) is 1.19. The fourth-order valence-corrected chi connectivity index (χ4v) is 1.41. The van der Waals surface area contributed by atoms with E-state index in [0.29, 0.717) is 6.54 Å². The van der Waals surface area contributed by atoms with E-state index in [2.05, 4.69) is 15.5 Å². The number of imidazole rings is 1. The molecule has 0 amide bonds. The monoisotopic (exact) mass is 191 g/mol. The molecule has 0 atom stereocenters. The van der Waals surface area contributed by atoms with E-state index in [-0.39, 0.29) is 0 Å². The summed E-state index contributed by atoms with van der Waals surface area (Å²) in [6.45, 7) is 1.67. The largest absolute Gasteiger partial charge is 0.335 e. The molecule has 1 aromatic heterocycles. The van der Waals surface area contributed by atoms with Gasteiger partial charge in [-0.25, -0.2) is 4.98 Å². The van der Waals surface area contributed by atoms with Crippen molar-refractivity contribution in [2.75, 3.05) is 6.54 Å². The highest BCUT2D eigenvalue weighted by atomic mass is 15.0. The van der Waals surface area contributed by atoms with Crippen LogP contribution in [-0.2, 0) is 13.0 Å². The van der Waals surface area contributed by atoms with Gasteiger partial charge in [-0.3, -0.25) is 0 Å². The number of terminal acetylenes is 1. The van der Waals surface area contributed by atoms with Crippen LogP contribution in [0.15, 0.2) is 12.5 Å². The van der Waals surface area contributed by atoms with Gasteiger partial charge in [-0.15, -0.1) is 12.3 Å². The van der Waals surface area contributed by atoms with Gasteiger partial charge in [0, 0.05) is 31.3 Å². The van der Waals surface area contributed by atoms with E-state index < -0.39 is 0 Å². The molecule has 0 radical (unpaired) electrons. The lowest BCUT2D eigenvalue weighted by Crippen LogP contribution is -2.08. The van der Waals surface area contributed by atoms with E-state index in [9.17, 15) is 0 Å². The van der Waals surface area contributed by atoms with E-state index >= 15 is 0 Å². The standard InChI is InChI=1S/C11H17N3/c1-2-3-4-5-8-14-10-13-9-11(14)6-7-12/h1,9-10H,3-8,12H2. The van der Waals surface area contributed by atoms with Gasteiger partial charge in [0.25, 0.3) is 0 Å². The Morgan fingerprint density at radius 3 is 3.07 bits per heavy atom. The first-order chi connectivity index (χ1) is 6.88. The Labute approximate surface area is 85.3 Å². The summed E-state index contributed by atoms with van der Waals surface area (Å²) in [5.74, 6) is 2.64. The maximum Gasteiger partial charge on any atom is 0.0948 e. The van der Waals surface area contributed by atoms with Crippen LogP contribution in [-0.4, -0.2) is 16.1 Å². The molecule has 0 saturated carbocycles. The number of aromatic nitrogens is 2. The number of hydrogen-bond acceptors (Lipinski definition) is 2. The fraction of sp³-hybridized carbons (Fsp3) is 0.545. The van der Waals surface area contributed by atoms with Crippen LogP contribution in [0, 0.1) is 12.3 Å². The number of nitrogens with zero attached hydrogens (tertiary/aromatic N) is 2. The molecule has 0 aliphatic rings. The van der Waals surface area contributed by atoms with Gasteiger partial charge in [0.1, 0.15) is 0 Å². The van der Waals surface area contributed by atoms with Crippen molar-refractivity contribution in [1.82, 2.24) is 9.55 Å². The second-order valence-corrected chi connectivity index (χ2v) is 3.28. The summed E-state index contributed by atoms with van der Waals surface area (Å²) in [4.78, 5) is 4.11. The van der Waals surface area contributed by atoms with Crippen molar-refractivity contribution in [3.8, 4) is 12.3 Å². The van der Waals surface area contributed by atoms with Crippen LogP contribution < -0.4 is 5.73 Å². The first kappa shape index (κ1) is 10.8. The molecule has 1 rings (SSSR count). The SMILES string of the molecule is C#CCCCCn1cncc1CCN. The number of rotatable bonds is 6. The molecule has 0 unspecified atom stereocenters. The zero-order valence-corrected chi connectivity index (χ0v) is 8.45. The van der Waals surface area contributed by atoms with Crippen molar-refractivity contribution in [3.63, 3.8) is 0 Å². The zero-order valence-electron chi connectivity index (χ0n) is 8.45. The summed E-state index contributed by atoms with van der Waals surface area (Å²) < 4.78 is 2.16. The maximum atomic E-state index is 5.50. The van der Waals surface area contributed by atoms with Crippen molar-refractivity contribution in [1.29, 1.82) is 0 Å². The lowest BCUT2D eigenvalue weighted by Gasteiger charge is -2.05. The van der Waals surface area contributed by atoms with Crippen molar-refractivity contribution in [2.45, 2.75) is 32.2 Å². The van der Waals surface area contributed by atoms with Crippen LogP contribution in [0.3, 0.4) is 0 Å². The summed E-state index contributed by atoms with van der Waals surface area (Å²) in [5, 5.41) is 0. The van der Waals surface area contributed by atoms with Crippen molar-refractivity contribution >= 4 is 0 Å². The number of unbranched alkanes of at least 4 members (excludes halogenated alkanes) is 2. The van der Waals surface area contributed by atoms with E-state index in [0.717, 1.165) is 32.2 Å². The van der Waals surface area contributed by atoms with Gasteiger partial charge in [-0.05, 0) is 19.4 Å². The molecule has 1 aromatic rings. The van der Waals surface area contributed by atoms with E-state index in [1.165, 1.54) is 5.69 Å². The highest BCUT2D eigenvalue weighted by Gasteiger charge is 1.99. The Kier molecular flexibility index (Phi) is 4.81. The van der Waals surface area contributed by atoms with Crippen LogP contribution in [0.25, 0.3) is 0 Å². The molecule has 0 aliphatic heterocycles. The molecule has 0 aromatic carbocycles. The minimum atomic E-state index is 0.677. The molecular weight excluding hydrogens is 174 g/mol. The molecule has 1 heterocycles. The highest BCUT2D eigenvalue weighted by Crippen LogP contribution is 2.03. The molecule has 3 heteroatoms. The van der Waals surface area contributed by atoms with Gasteiger partial charge in [-0.1, -0.05) is 0 Å². The van der Waals surface area contributed by atoms with Gasteiger partial charge in [0.2, 0.25) is 0 Å². The maximum absolute atomic E-state index is 5.50. The van der Waals surface area contributed by atoms with Gasteiger partial charge in [-0.2, -0.15) is 0 Å². The normalized spacial score (nSPS) is 10.0. The molecule has 0 bridgehead atoms. The molecular formula is C11H17N3. The van der Waals surface area contributed by atoms with Crippen LogP contribution in [0.4, 0.5) is 0 Å². The molecule has 14 heavy (non-hydrogen) atoms. The molecule has 0 aliphatic carbocycles. The van der Waals surface area contributed by atoms with Gasteiger partial charge >= 0.3 is 0 Å². The topological polar surface area (TPSA) is 43.8 Å². The lowest BCUT2D eigenvalue weighted by atomic mass is 10.2. The third kappa shape index (κ3) is 3.23. The van der Waals surface area contributed by atoms with Gasteiger partial charge in [0.15, 0.2) is 0 Å². The van der Waals surface area contributed by atoms with Crippen molar-refractivity contribution in [2.24, 2.45) is 5.73 Å².